The first-order valence-electron chi connectivity index (χ1n) is 7.14. The van der Waals surface area contributed by atoms with Crippen LogP contribution in [0.4, 0.5) is 11.4 Å². The van der Waals surface area contributed by atoms with E-state index in [0.29, 0.717) is 0 Å². The van der Waals surface area contributed by atoms with Crippen molar-refractivity contribution in [2.75, 3.05) is 13.1 Å². The van der Waals surface area contributed by atoms with Gasteiger partial charge in [0, 0.05) is 31.1 Å². The van der Waals surface area contributed by atoms with Crippen molar-refractivity contribution in [1.29, 1.82) is 0 Å². The molecule has 1 aromatic rings. The zero-order chi connectivity index (χ0) is 18.4. The predicted octanol–water partition coefficient (Wildman–Crippen LogP) is 1.31. The number of rotatable bonds is 7. The van der Waals surface area contributed by atoms with Crippen molar-refractivity contribution in [1.82, 2.24) is 10.6 Å². The number of carbonyl (C=O) groups is 2. The minimum atomic E-state index is -0.776. The Hall–Kier alpha value is -3.04. The molecule has 0 unspecified atom stereocenters. The molecule has 130 valence electrons. The maximum Gasteiger partial charge on any atom is 0.279 e. The molecule has 24 heavy (non-hydrogen) atoms. The van der Waals surface area contributed by atoms with E-state index in [1.54, 1.807) is 13.8 Å². The highest BCUT2D eigenvalue weighted by atomic mass is 16.6. The topological polar surface area (TPSA) is 144 Å². The fourth-order valence-corrected chi connectivity index (χ4v) is 1.86. The molecule has 0 aliphatic rings. The van der Waals surface area contributed by atoms with Crippen LogP contribution >= 0.6 is 0 Å². The first-order valence-corrected chi connectivity index (χ1v) is 7.14. The van der Waals surface area contributed by atoms with Crippen LogP contribution < -0.4 is 10.6 Å². The third kappa shape index (κ3) is 4.73. The number of nitrogens with one attached hydrogen (secondary N) is 2. The lowest BCUT2D eigenvalue weighted by molar-refractivity contribution is -0.395. The highest BCUT2D eigenvalue weighted by molar-refractivity contribution is 5.96. The summed E-state index contributed by atoms with van der Waals surface area (Å²) in [5.74, 6) is -1.06. The number of nitro benzene ring substituents is 2. The van der Waals surface area contributed by atoms with Crippen LogP contribution in [0, 0.1) is 33.1 Å². The van der Waals surface area contributed by atoms with Crippen LogP contribution in [0.1, 0.15) is 29.8 Å². The predicted molar refractivity (Wildman–Crippen MR) is 84.7 cm³/mol. The third-order valence-electron chi connectivity index (χ3n) is 3.24. The van der Waals surface area contributed by atoms with Crippen LogP contribution in [0.3, 0.4) is 0 Å². The molecule has 10 heteroatoms. The average Bonchev–Trinajstić information content (AvgIpc) is 2.50. The molecule has 2 N–H and O–H groups in total. The van der Waals surface area contributed by atoms with Crippen molar-refractivity contribution in [3.05, 3.63) is 43.5 Å². The van der Waals surface area contributed by atoms with Gasteiger partial charge in [0.2, 0.25) is 5.91 Å². The number of hydrogen-bond acceptors (Lipinski definition) is 6. The van der Waals surface area contributed by atoms with E-state index in [2.05, 4.69) is 10.6 Å². The molecular weight excluding hydrogens is 320 g/mol. The van der Waals surface area contributed by atoms with E-state index < -0.39 is 27.1 Å². The summed E-state index contributed by atoms with van der Waals surface area (Å²) in [7, 11) is 0. The number of benzene rings is 1. The normalized spacial score (nSPS) is 10.3. The van der Waals surface area contributed by atoms with Crippen LogP contribution in [-0.2, 0) is 4.79 Å². The molecule has 10 nitrogen and oxygen atoms in total. The minimum absolute atomic E-state index is 0.0900. The Morgan fingerprint density at radius 1 is 1.04 bits per heavy atom. The Morgan fingerprint density at radius 3 is 1.92 bits per heavy atom. The molecule has 0 aliphatic carbocycles. The smallest absolute Gasteiger partial charge is 0.279 e. The minimum Gasteiger partial charge on any atom is -0.354 e. The van der Waals surface area contributed by atoms with Crippen molar-refractivity contribution in [2.24, 2.45) is 5.92 Å². The molecular formula is C14H18N4O6. The van der Waals surface area contributed by atoms with Gasteiger partial charge in [-0.1, -0.05) is 13.8 Å². The molecule has 0 heterocycles. The molecule has 0 saturated heterocycles. The lowest BCUT2D eigenvalue weighted by atomic mass is 10.1. The monoisotopic (exact) mass is 338 g/mol. The van der Waals surface area contributed by atoms with Crippen LogP contribution in [0.25, 0.3) is 0 Å². The van der Waals surface area contributed by atoms with Crippen LogP contribution in [0.15, 0.2) is 12.1 Å². The third-order valence-corrected chi connectivity index (χ3v) is 3.24. The van der Waals surface area contributed by atoms with Gasteiger partial charge in [0.05, 0.1) is 15.4 Å². The molecule has 0 aromatic heterocycles. The largest absolute Gasteiger partial charge is 0.354 e. The summed E-state index contributed by atoms with van der Waals surface area (Å²) in [6.45, 7) is 4.96. The fraction of sp³-hybridized carbons (Fsp3) is 0.429. The van der Waals surface area contributed by atoms with E-state index in [9.17, 15) is 29.8 Å². The van der Waals surface area contributed by atoms with Gasteiger partial charge in [-0.2, -0.15) is 0 Å². The summed E-state index contributed by atoms with van der Waals surface area (Å²) in [6.07, 6.45) is 0. The van der Waals surface area contributed by atoms with Crippen LogP contribution in [0.5, 0.6) is 0 Å². The van der Waals surface area contributed by atoms with E-state index in [1.165, 1.54) is 6.92 Å². The maximum absolute atomic E-state index is 12.0. The first-order chi connectivity index (χ1) is 11.1. The summed E-state index contributed by atoms with van der Waals surface area (Å²) in [4.78, 5) is 43.8. The molecule has 0 saturated carbocycles. The Bertz CT molecular complexity index is 651. The van der Waals surface area contributed by atoms with Gasteiger partial charge in [-0.15, -0.1) is 0 Å². The van der Waals surface area contributed by atoms with Gasteiger partial charge in [-0.3, -0.25) is 29.8 Å². The first kappa shape index (κ1) is 19.0. The molecule has 0 bridgehead atoms. The molecule has 0 spiro atoms. The average molecular weight is 338 g/mol. The number of amides is 2. The SMILES string of the molecule is Cc1c([N+](=O)[O-])cc(C(=O)NCCNC(=O)C(C)C)cc1[N+](=O)[O-]. The van der Waals surface area contributed by atoms with Gasteiger partial charge in [-0.25, -0.2) is 0 Å². The standard InChI is InChI=1S/C14H18N4O6/c1-8(2)13(19)15-4-5-16-14(20)10-6-11(17(21)22)9(3)12(7-10)18(23)24/h6-8H,4-5H2,1-3H3,(H,15,19)(H,16,20). The van der Waals surface area contributed by atoms with E-state index in [0.717, 1.165) is 12.1 Å². The highest BCUT2D eigenvalue weighted by Gasteiger charge is 2.25. The van der Waals surface area contributed by atoms with Crippen LogP contribution in [0.2, 0.25) is 0 Å². The summed E-state index contributed by atoms with van der Waals surface area (Å²) in [5.41, 5.74) is -1.30. The van der Waals surface area contributed by atoms with Crippen molar-refractivity contribution in [3.8, 4) is 0 Å². The van der Waals surface area contributed by atoms with Gasteiger partial charge in [-0.05, 0) is 6.92 Å². The Labute approximate surface area is 137 Å². The second-order valence-electron chi connectivity index (χ2n) is 5.36. The number of nitro groups is 2. The molecule has 0 atom stereocenters. The van der Waals surface area contributed by atoms with E-state index in [4.69, 9.17) is 0 Å². The molecule has 0 aliphatic heterocycles. The number of carbonyl (C=O) groups excluding carboxylic acids is 2. The van der Waals surface area contributed by atoms with E-state index >= 15 is 0 Å². The molecule has 0 fully saturated rings. The lowest BCUT2D eigenvalue weighted by Gasteiger charge is -2.09. The van der Waals surface area contributed by atoms with Gasteiger partial charge in [0.15, 0.2) is 0 Å². The zero-order valence-corrected chi connectivity index (χ0v) is 13.5. The maximum atomic E-state index is 12.0. The second kappa shape index (κ2) is 7.99. The number of nitrogens with zero attached hydrogens (tertiary/aromatic N) is 2. The van der Waals surface area contributed by atoms with Gasteiger partial charge in [0.1, 0.15) is 5.56 Å². The Morgan fingerprint density at radius 2 is 1.50 bits per heavy atom. The summed E-state index contributed by atoms with van der Waals surface area (Å²) < 4.78 is 0. The fourth-order valence-electron chi connectivity index (χ4n) is 1.86. The Kier molecular flexibility index (Phi) is 6.33. The van der Waals surface area contributed by atoms with Crippen molar-refractivity contribution in [3.63, 3.8) is 0 Å². The Balaban J connectivity index is 2.85. The second-order valence-corrected chi connectivity index (χ2v) is 5.36. The summed E-state index contributed by atoms with van der Waals surface area (Å²) in [5, 5.41) is 27.0. The van der Waals surface area contributed by atoms with E-state index in [-0.39, 0.29) is 36.0 Å². The molecule has 1 aromatic carbocycles. The van der Waals surface area contributed by atoms with Gasteiger partial charge >= 0.3 is 0 Å². The van der Waals surface area contributed by atoms with Crippen LogP contribution in [-0.4, -0.2) is 34.8 Å². The molecule has 0 radical (unpaired) electrons. The van der Waals surface area contributed by atoms with Gasteiger partial charge in [0.25, 0.3) is 17.3 Å². The van der Waals surface area contributed by atoms with Crippen molar-refractivity contribution < 1.29 is 19.4 Å². The van der Waals surface area contributed by atoms with Crippen molar-refractivity contribution >= 4 is 23.2 Å². The lowest BCUT2D eigenvalue weighted by Crippen LogP contribution is -2.36. The summed E-state index contributed by atoms with van der Waals surface area (Å²) >= 11 is 0. The molecule has 1 rings (SSSR count). The van der Waals surface area contributed by atoms with Gasteiger partial charge < -0.3 is 10.6 Å². The van der Waals surface area contributed by atoms with E-state index in [1.807, 2.05) is 0 Å². The summed E-state index contributed by atoms with van der Waals surface area (Å²) in [6, 6.07) is 1.98. The quantitative estimate of drug-likeness (QED) is 0.435. The zero-order valence-electron chi connectivity index (χ0n) is 13.5. The molecule has 2 amide bonds. The highest BCUT2D eigenvalue weighted by Crippen LogP contribution is 2.29. The van der Waals surface area contributed by atoms with Crippen molar-refractivity contribution in [2.45, 2.75) is 20.8 Å². The number of hydrogen-bond donors (Lipinski definition) is 2.